The summed E-state index contributed by atoms with van der Waals surface area (Å²) in [5, 5.41) is 4.40. The molecule has 0 aliphatic rings. The fourth-order valence-corrected chi connectivity index (χ4v) is 2.03. The van der Waals surface area contributed by atoms with Gasteiger partial charge in [-0.3, -0.25) is 0 Å². The number of hydrogen-bond acceptors (Lipinski definition) is 2. The van der Waals surface area contributed by atoms with Crippen LogP contribution in [-0.2, 0) is 6.54 Å². The van der Waals surface area contributed by atoms with Crippen LogP contribution in [0.25, 0.3) is 0 Å². The summed E-state index contributed by atoms with van der Waals surface area (Å²) in [4.78, 5) is 14.0. The van der Waals surface area contributed by atoms with E-state index in [1.54, 1.807) is 4.90 Å². The standard InChI is InChI=1S/C14H16ClN3O/c1-3-17(9-12-6-4-5-11(2)7-12)14(19)18-10-13(15)8-16-18/h4-8,10H,3,9H2,1-2H3. The lowest BCUT2D eigenvalue weighted by Crippen LogP contribution is -2.34. The summed E-state index contributed by atoms with van der Waals surface area (Å²) in [6.45, 7) is 5.16. The van der Waals surface area contributed by atoms with Gasteiger partial charge in [-0.15, -0.1) is 0 Å². The molecule has 0 aliphatic heterocycles. The summed E-state index contributed by atoms with van der Waals surface area (Å²) in [6.07, 6.45) is 2.97. The Bertz CT molecular complexity index is 580. The van der Waals surface area contributed by atoms with Crippen molar-refractivity contribution < 1.29 is 4.79 Å². The van der Waals surface area contributed by atoms with E-state index in [9.17, 15) is 4.79 Å². The fraction of sp³-hybridized carbons (Fsp3) is 0.286. The Kier molecular flexibility index (Phi) is 4.22. The van der Waals surface area contributed by atoms with Gasteiger partial charge in [-0.25, -0.2) is 4.79 Å². The molecule has 4 nitrogen and oxygen atoms in total. The lowest BCUT2D eigenvalue weighted by molar-refractivity contribution is 0.196. The lowest BCUT2D eigenvalue weighted by atomic mass is 10.1. The second kappa shape index (κ2) is 5.89. The van der Waals surface area contributed by atoms with Crippen molar-refractivity contribution in [3.63, 3.8) is 0 Å². The second-order valence-corrected chi connectivity index (χ2v) is 4.83. The van der Waals surface area contributed by atoms with Crippen LogP contribution in [-0.4, -0.2) is 27.3 Å². The Labute approximate surface area is 117 Å². The van der Waals surface area contributed by atoms with Crippen molar-refractivity contribution in [3.05, 3.63) is 52.8 Å². The average Bonchev–Trinajstić information content (AvgIpc) is 2.82. The number of nitrogens with zero attached hydrogens (tertiary/aromatic N) is 3. The van der Waals surface area contributed by atoms with E-state index in [1.165, 1.54) is 22.6 Å². The number of hydrogen-bond donors (Lipinski definition) is 0. The number of benzene rings is 1. The maximum atomic E-state index is 12.2. The molecule has 19 heavy (non-hydrogen) atoms. The predicted octanol–water partition coefficient (Wildman–Crippen LogP) is 3.34. The van der Waals surface area contributed by atoms with Crippen LogP contribution >= 0.6 is 11.6 Å². The van der Waals surface area contributed by atoms with Crippen LogP contribution in [0.5, 0.6) is 0 Å². The predicted molar refractivity (Wildman–Crippen MR) is 75.3 cm³/mol. The Hall–Kier alpha value is -1.81. The van der Waals surface area contributed by atoms with Crippen LogP contribution in [0, 0.1) is 6.92 Å². The lowest BCUT2D eigenvalue weighted by Gasteiger charge is -2.20. The first-order valence-electron chi connectivity index (χ1n) is 6.15. The summed E-state index contributed by atoms with van der Waals surface area (Å²) < 4.78 is 1.27. The number of rotatable bonds is 3. The zero-order valence-corrected chi connectivity index (χ0v) is 11.8. The van der Waals surface area contributed by atoms with Crippen LogP contribution in [0.2, 0.25) is 5.02 Å². The van der Waals surface area contributed by atoms with Crippen molar-refractivity contribution in [2.75, 3.05) is 6.54 Å². The third kappa shape index (κ3) is 3.35. The second-order valence-electron chi connectivity index (χ2n) is 4.39. The maximum absolute atomic E-state index is 12.2. The normalized spacial score (nSPS) is 10.5. The number of amides is 1. The van der Waals surface area contributed by atoms with Crippen molar-refractivity contribution in [2.45, 2.75) is 20.4 Å². The molecule has 5 heteroatoms. The van der Waals surface area contributed by atoms with Crippen LogP contribution < -0.4 is 0 Å². The molecule has 2 aromatic rings. The van der Waals surface area contributed by atoms with E-state index in [-0.39, 0.29) is 6.03 Å². The highest BCUT2D eigenvalue weighted by molar-refractivity contribution is 6.30. The minimum atomic E-state index is -0.170. The molecule has 0 bridgehead atoms. The average molecular weight is 278 g/mol. The Morgan fingerprint density at radius 3 is 2.84 bits per heavy atom. The molecular formula is C14H16ClN3O. The van der Waals surface area contributed by atoms with Gasteiger partial charge < -0.3 is 4.90 Å². The molecule has 1 heterocycles. The van der Waals surface area contributed by atoms with E-state index < -0.39 is 0 Å². The summed E-state index contributed by atoms with van der Waals surface area (Å²) in [6, 6.07) is 7.95. The first-order valence-corrected chi connectivity index (χ1v) is 6.53. The number of halogens is 1. The molecule has 100 valence electrons. The van der Waals surface area contributed by atoms with E-state index in [1.807, 2.05) is 32.0 Å². The maximum Gasteiger partial charge on any atom is 0.344 e. The fourth-order valence-electron chi connectivity index (χ4n) is 1.90. The molecule has 0 spiro atoms. The van der Waals surface area contributed by atoms with Gasteiger partial charge in [0.2, 0.25) is 0 Å². The number of aryl methyl sites for hydroxylation is 1. The van der Waals surface area contributed by atoms with Crippen LogP contribution in [0.1, 0.15) is 18.1 Å². The summed E-state index contributed by atoms with van der Waals surface area (Å²) in [5.74, 6) is 0. The van der Waals surface area contributed by atoms with Crippen LogP contribution in [0.15, 0.2) is 36.7 Å². The third-order valence-corrected chi connectivity index (χ3v) is 3.05. The Morgan fingerprint density at radius 1 is 1.47 bits per heavy atom. The monoisotopic (exact) mass is 277 g/mol. The highest BCUT2D eigenvalue weighted by atomic mass is 35.5. The quantitative estimate of drug-likeness (QED) is 0.863. The molecule has 1 amide bonds. The highest BCUT2D eigenvalue weighted by Crippen LogP contribution is 2.10. The Balaban J connectivity index is 2.14. The Morgan fingerprint density at radius 2 is 2.26 bits per heavy atom. The van der Waals surface area contributed by atoms with Crippen molar-refractivity contribution >= 4 is 17.6 Å². The number of aromatic nitrogens is 2. The van der Waals surface area contributed by atoms with Gasteiger partial charge in [0.1, 0.15) is 0 Å². The largest absolute Gasteiger partial charge is 0.344 e. The van der Waals surface area contributed by atoms with Crippen molar-refractivity contribution in [1.82, 2.24) is 14.7 Å². The molecule has 1 aromatic carbocycles. The molecule has 2 rings (SSSR count). The molecule has 0 saturated heterocycles. The van der Waals surface area contributed by atoms with Crippen LogP contribution in [0.4, 0.5) is 4.79 Å². The molecule has 0 fully saturated rings. The minimum Gasteiger partial charge on any atom is -0.319 e. The zero-order valence-electron chi connectivity index (χ0n) is 11.0. The minimum absolute atomic E-state index is 0.170. The molecule has 0 atom stereocenters. The highest BCUT2D eigenvalue weighted by Gasteiger charge is 2.15. The van der Waals surface area contributed by atoms with Gasteiger partial charge in [-0.1, -0.05) is 41.4 Å². The number of carbonyl (C=O) groups is 1. The van der Waals surface area contributed by atoms with E-state index in [0.717, 1.165) is 5.56 Å². The zero-order chi connectivity index (χ0) is 13.8. The van der Waals surface area contributed by atoms with Crippen molar-refractivity contribution in [3.8, 4) is 0 Å². The molecule has 1 aromatic heterocycles. The van der Waals surface area contributed by atoms with E-state index in [4.69, 9.17) is 11.6 Å². The van der Waals surface area contributed by atoms with Gasteiger partial charge >= 0.3 is 6.03 Å². The molecular weight excluding hydrogens is 262 g/mol. The SMILES string of the molecule is CCN(Cc1cccc(C)c1)C(=O)n1cc(Cl)cn1. The number of carbonyl (C=O) groups excluding carboxylic acids is 1. The first kappa shape index (κ1) is 13.6. The van der Waals surface area contributed by atoms with Crippen molar-refractivity contribution in [2.24, 2.45) is 0 Å². The molecule has 0 radical (unpaired) electrons. The van der Waals surface area contributed by atoms with Gasteiger partial charge in [-0.05, 0) is 19.4 Å². The van der Waals surface area contributed by atoms with E-state index >= 15 is 0 Å². The molecule has 0 aliphatic carbocycles. The van der Waals surface area contributed by atoms with Gasteiger partial charge in [0, 0.05) is 13.1 Å². The first-order chi connectivity index (χ1) is 9.10. The van der Waals surface area contributed by atoms with Crippen molar-refractivity contribution in [1.29, 1.82) is 0 Å². The molecule has 0 saturated carbocycles. The summed E-state index contributed by atoms with van der Waals surface area (Å²) >= 11 is 5.78. The topological polar surface area (TPSA) is 38.1 Å². The van der Waals surface area contributed by atoms with Gasteiger partial charge in [0.05, 0.1) is 17.4 Å². The summed E-state index contributed by atoms with van der Waals surface area (Å²) in [5.41, 5.74) is 2.29. The molecule has 0 N–H and O–H groups in total. The van der Waals surface area contributed by atoms with Gasteiger partial charge in [0.15, 0.2) is 0 Å². The van der Waals surface area contributed by atoms with Gasteiger partial charge in [-0.2, -0.15) is 9.78 Å². The van der Waals surface area contributed by atoms with E-state index in [2.05, 4.69) is 11.2 Å². The summed E-state index contributed by atoms with van der Waals surface area (Å²) in [7, 11) is 0. The molecule has 0 unspecified atom stereocenters. The smallest absolute Gasteiger partial charge is 0.319 e. The van der Waals surface area contributed by atoms with Crippen LogP contribution in [0.3, 0.4) is 0 Å². The van der Waals surface area contributed by atoms with E-state index in [0.29, 0.717) is 18.1 Å². The van der Waals surface area contributed by atoms with Gasteiger partial charge in [0.25, 0.3) is 0 Å². The third-order valence-electron chi connectivity index (χ3n) is 2.86.